The van der Waals surface area contributed by atoms with E-state index in [1.54, 1.807) is 13.1 Å². The van der Waals surface area contributed by atoms with Crippen molar-refractivity contribution < 1.29 is 0 Å². The average Bonchev–Trinajstić information content (AvgIpc) is 2.10. The van der Waals surface area contributed by atoms with Crippen molar-refractivity contribution in [1.29, 1.82) is 5.41 Å². The Morgan fingerprint density at radius 3 is 2.77 bits per heavy atom. The van der Waals surface area contributed by atoms with Crippen LogP contribution in [0.2, 0.25) is 0 Å². The van der Waals surface area contributed by atoms with Gasteiger partial charge >= 0.3 is 0 Å². The zero-order valence-electron chi connectivity index (χ0n) is 8.72. The first-order chi connectivity index (χ1) is 6.07. The highest BCUT2D eigenvalue weighted by molar-refractivity contribution is 5.91. The first kappa shape index (κ1) is 12.0. The lowest BCUT2D eigenvalue weighted by atomic mass is 10.0. The SMILES string of the molecule is C=C(C=NC(C)=N)C(C)CCNC. The predicted octanol–water partition coefficient (Wildman–Crippen LogP) is 1.86. The summed E-state index contributed by atoms with van der Waals surface area (Å²) in [5, 5.41) is 10.2. The molecule has 0 amide bonds. The molecule has 0 spiro atoms. The zero-order valence-corrected chi connectivity index (χ0v) is 8.72. The van der Waals surface area contributed by atoms with Gasteiger partial charge in [0.1, 0.15) is 5.84 Å². The van der Waals surface area contributed by atoms with Gasteiger partial charge in [-0.1, -0.05) is 13.5 Å². The second-order valence-electron chi connectivity index (χ2n) is 3.21. The second-order valence-corrected chi connectivity index (χ2v) is 3.21. The third kappa shape index (κ3) is 6.22. The molecular weight excluding hydrogens is 162 g/mol. The molecule has 3 nitrogen and oxygen atoms in total. The van der Waals surface area contributed by atoms with Crippen molar-refractivity contribution in [3.63, 3.8) is 0 Å². The quantitative estimate of drug-likeness (QED) is 0.493. The molecule has 3 heteroatoms. The van der Waals surface area contributed by atoms with E-state index in [0.717, 1.165) is 18.5 Å². The minimum Gasteiger partial charge on any atom is -0.320 e. The van der Waals surface area contributed by atoms with E-state index in [-0.39, 0.29) is 0 Å². The van der Waals surface area contributed by atoms with Gasteiger partial charge in [-0.25, -0.2) is 4.99 Å². The Hall–Kier alpha value is -0.960. The van der Waals surface area contributed by atoms with Crippen LogP contribution < -0.4 is 5.32 Å². The minimum atomic E-state index is 0.321. The van der Waals surface area contributed by atoms with Gasteiger partial charge in [0.15, 0.2) is 0 Å². The highest BCUT2D eigenvalue weighted by Gasteiger charge is 2.03. The number of nitrogens with one attached hydrogen (secondary N) is 2. The van der Waals surface area contributed by atoms with Gasteiger partial charge in [-0.3, -0.25) is 5.41 Å². The van der Waals surface area contributed by atoms with E-state index in [1.807, 2.05) is 7.05 Å². The van der Waals surface area contributed by atoms with Crippen molar-refractivity contribution in [3.05, 3.63) is 12.2 Å². The molecule has 0 aliphatic rings. The number of allylic oxidation sites excluding steroid dienone is 1. The van der Waals surface area contributed by atoms with Crippen LogP contribution >= 0.6 is 0 Å². The van der Waals surface area contributed by atoms with Gasteiger partial charge in [0.2, 0.25) is 0 Å². The predicted molar refractivity (Wildman–Crippen MR) is 58.7 cm³/mol. The molecule has 0 aromatic carbocycles. The normalized spacial score (nSPS) is 13.2. The van der Waals surface area contributed by atoms with Gasteiger partial charge in [-0.2, -0.15) is 0 Å². The van der Waals surface area contributed by atoms with E-state index in [1.165, 1.54) is 0 Å². The van der Waals surface area contributed by atoms with Crippen LogP contribution in [0, 0.1) is 11.3 Å². The van der Waals surface area contributed by atoms with E-state index in [4.69, 9.17) is 5.41 Å². The van der Waals surface area contributed by atoms with Gasteiger partial charge in [0, 0.05) is 6.21 Å². The molecule has 1 unspecified atom stereocenters. The summed E-state index contributed by atoms with van der Waals surface area (Å²) in [5.74, 6) is 0.748. The fourth-order valence-electron chi connectivity index (χ4n) is 0.853. The van der Waals surface area contributed by atoms with Crippen LogP contribution in [0.25, 0.3) is 0 Å². The van der Waals surface area contributed by atoms with Crippen molar-refractivity contribution in [1.82, 2.24) is 5.32 Å². The largest absolute Gasteiger partial charge is 0.320 e. The molecule has 0 heterocycles. The van der Waals surface area contributed by atoms with Crippen molar-refractivity contribution >= 4 is 12.1 Å². The number of hydrogen-bond acceptors (Lipinski definition) is 2. The Morgan fingerprint density at radius 1 is 1.69 bits per heavy atom. The van der Waals surface area contributed by atoms with E-state index in [0.29, 0.717) is 11.8 Å². The maximum Gasteiger partial charge on any atom is 0.117 e. The maximum absolute atomic E-state index is 7.12. The van der Waals surface area contributed by atoms with Crippen LogP contribution in [0.15, 0.2) is 17.1 Å². The van der Waals surface area contributed by atoms with E-state index in [9.17, 15) is 0 Å². The van der Waals surface area contributed by atoms with Gasteiger partial charge in [-0.15, -0.1) is 0 Å². The Balaban J connectivity index is 3.89. The molecular formula is C10H19N3. The topological polar surface area (TPSA) is 48.2 Å². The molecule has 0 aliphatic carbocycles. The molecule has 0 fully saturated rings. The van der Waals surface area contributed by atoms with E-state index in [2.05, 4.69) is 23.8 Å². The summed E-state index contributed by atoms with van der Waals surface area (Å²) in [6.07, 6.45) is 2.74. The Bertz CT molecular complexity index is 206. The van der Waals surface area contributed by atoms with Crippen molar-refractivity contribution in [3.8, 4) is 0 Å². The standard InChI is InChI=1S/C10H19N3/c1-8(5-6-12-4)9(2)7-13-10(3)11/h7-8,11-12H,2,5-6H2,1,3-4H3. The van der Waals surface area contributed by atoms with Gasteiger partial charge in [0.05, 0.1) is 0 Å². The van der Waals surface area contributed by atoms with Crippen molar-refractivity contribution in [2.24, 2.45) is 10.9 Å². The number of amidine groups is 1. The average molecular weight is 181 g/mol. The number of rotatable bonds is 5. The lowest BCUT2D eigenvalue weighted by Gasteiger charge is -2.09. The molecule has 74 valence electrons. The Morgan fingerprint density at radius 2 is 2.31 bits per heavy atom. The second kappa shape index (κ2) is 6.54. The lowest BCUT2D eigenvalue weighted by molar-refractivity contribution is 0.601. The van der Waals surface area contributed by atoms with E-state index < -0.39 is 0 Å². The van der Waals surface area contributed by atoms with Crippen LogP contribution in [0.4, 0.5) is 0 Å². The van der Waals surface area contributed by atoms with Crippen LogP contribution in [0.3, 0.4) is 0 Å². The third-order valence-electron chi connectivity index (χ3n) is 1.88. The highest BCUT2D eigenvalue weighted by Crippen LogP contribution is 2.09. The molecule has 0 saturated heterocycles. The molecule has 1 atom stereocenters. The Kier molecular flexibility index (Phi) is 6.06. The van der Waals surface area contributed by atoms with Crippen LogP contribution in [-0.2, 0) is 0 Å². The van der Waals surface area contributed by atoms with Gasteiger partial charge in [-0.05, 0) is 38.4 Å². The Labute approximate surface area is 80.5 Å². The molecule has 0 aromatic heterocycles. The number of nitrogens with zero attached hydrogens (tertiary/aromatic N) is 1. The molecule has 0 bridgehead atoms. The highest BCUT2D eigenvalue weighted by atomic mass is 14.8. The zero-order chi connectivity index (χ0) is 10.3. The monoisotopic (exact) mass is 181 g/mol. The first-order valence-corrected chi connectivity index (χ1v) is 4.50. The summed E-state index contributed by atoms with van der Waals surface area (Å²) in [4.78, 5) is 3.89. The summed E-state index contributed by atoms with van der Waals surface area (Å²) in [7, 11) is 1.94. The third-order valence-corrected chi connectivity index (χ3v) is 1.88. The first-order valence-electron chi connectivity index (χ1n) is 4.50. The van der Waals surface area contributed by atoms with Crippen LogP contribution in [-0.4, -0.2) is 25.6 Å². The fourth-order valence-corrected chi connectivity index (χ4v) is 0.853. The maximum atomic E-state index is 7.12. The van der Waals surface area contributed by atoms with Gasteiger partial charge in [0.25, 0.3) is 0 Å². The van der Waals surface area contributed by atoms with Crippen LogP contribution in [0.5, 0.6) is 0 Å². The molecule has 2 N–H and O–H groups in total. The summed E-state index contributed by atoms with van der Waals surface area (Å²) >= 11 is 0. The number of aliphatic imine (C=N–C) groups is 1. The molecule has 13 heavy (non-hydrogen) atoms. The summed E-state index contributed by atoms with van der Waals surface area (Å²) < 4.78 is 0. The lowest BCUT2D eigenvalue weighted by Crippen LogP contribution is -2.13. The molecule has 0 radical (unpaired) electrons. The van der Waals surface area contributed by atoms with Gasteiger partial charge < -0.3 is 5.32 Å². The molecule has 0 rings (SSSR count). The van der Waals surface area contributed by atoms with Crippen molar-refractivity contribution in [2.75, 3.05) is 13.6 Å². The molecule has 0 saturated carbocycles. The summed E-state index contributed by atoms with van der Waals surface area (Å²) in [6, 6.07) is 0. The summed E-state index contributed by atoms with van der Waals surface area (Å²) in [6.45, 7) is 8.66. The van der Waals surface area contributed by atoms with E-state index >= 15 is 0 Å². The minimum absolute atomic E-state index is 0.321. The molecule has 0 aliphatic heterocycles. The van der Waals surface area contributed by atoms with Crippen molar-refractivity contribution in [2.45, 2.75) is 20.3 Å². The summed E-state index contributed by atoms with van der Waals surface area (Å²) in [5.41, 5.74) is 0.988. The fraction of sp³-hybridized carbons (Fsp3) is 0.600. The van der Waals surface area contributed by atoms with Crippen LogP contribution in [0.1, 0.15) is 20.3 Å². The smallest absolute Gasteiger partial charge is 0.117 e. The molecule has 0 aromatic rings. The number of hydrogen-bond donors (Lipinski definition) is 2.